The number of hydrogen-bond acceptors (Lipinski definition) is 3. The minimum Gasteiger partial charge on any atom is -0.468 e. The van der Waals surface area contributed by atoms with Crippen LogP contribution in [0, 0.1) is 5.82 Å². The van der Waals surface area contributed by atoms with E-state index in [4.69, 9.17) is 4.42 Å². The fourth-order valence-electron chi connectivity index (χ4n) is 2.28. The van der Waals surface area contributed by atoms with Gasteiger partial charge in [-0.3, -0.25) is 0 Å². The maximum absolute atomic E-state index is 13.0. The summed E-state index contributed by atoms with van der Waals surface area (Å²) in [4.78, 5) is 2.20. The van der Waals surface area contributed by atoms with Crippen molar-refractivity contribution in [3.05, 3.63) is 53.7 Å². The van der Waals surface area contributed by atoms with Gasteiger partial charge < -0.3 is 14.6 Å². The zero-order chi connectivity index (χ0) is 15.1. The zero-order valence-corrected chi connectivity index (χ0v) is 12.7. The minimum atomic E-state index is -0.206. The highest BCUT2D eigenvalue weighted by Gasteiger charge is 2.11. The van der Waals surface area contributed by atoms with Crippen molar-refractivity contribution in [3.63, 3.8) is 0 Å². The van der Waals surface area contributed by atoms with Crippen LogP contribution in [0.15, 0.2) is 41.0 Å². The quantitative estimate of drug-likeness (QED) is 0.746. The smallest absolute Gasteiger partial charge is 0.123 e. The third-order valence-corrected chi connectivity index (χ3v) is 3.48. The second kappa shape index (κ2) is 7.84. The molecule has 0 amide bonds. The van der Waals surface area contributed by atoms with Crippen molar-refractivity contribution in [2.75, 3.05) is 18.0 Å². The molecule has 0 aliphatic carbocycles. The highest BCUT2D eigenvalue weighted by Crippen LogP contribution is 2.20. The summed E-state index contributed by atoms with van der Waals surface area (Å²) < 4.78 is 18.6. The predicted molar refractivity (Wildman–Crippen MR) is 83.8 cm³/mol. The summed E-state index contributed by atoms with van der Waals surface area (Å²) in [5.74, 6) is 0.770. The number of nitrogens with zero attached hydrogens (tertiary/aromatic N) is 1. The van der Waals surface area contributed by atoms with Gasteiger partial charge in [-0.1, -0.05) is 6.92 Å². The molecule has 114 valence electrons. The summed E-state index contributed by atoms with van der Waals surface area (Å²) in [6, 6.07) is 8.63. The Balaban J connectivity index is 2.05. The Morgan fingerprint density at radius 1 is 1.14 bits per heavy atom. The molecule has 0 saturated heterocycles. The SMILES string of the molecule is CCCNCc1occc1CN(CC)c1ccc(F)cc1. The van der Waals surface area contributed by atoms with Crippen LogP contribution in [0.4, 0.5) is 10.1 Å². The van der Waals surface area contributed by atoms with Crippen LogP contribution in [-0.4, -0.2) is 13.1 Å². The Hall–Kier alpha value is -1.81. The molecular formula is C17H23FN2O. The van der Waals surface area contributed by atoms with Gasteiger partial charge in [0.15, 0.2) is 0 Å². The van der Waals surface area contributed by atoms with Gasteiger partial charge in [0.25, 0.3) is 0 Å². The Morgan fingerprint density at radius 3 is 2.57 bits per heavy atom. The highest BCUT2D eigenvalue weighted by molar-refractivity contribution is 5.47. The number of benzene rings is 1. The van der Waals surface area contributed by atoms with Crippen LogP contribution in [0.5, 0.6) is 0 Å². The van der Waals surface area contributed by atoms with E-state index >= 15 is 0 Å². The van der Waals surface area contributed by atoms with Crippen molar-refractivity contribution in [2.45, 2.75) is 33.4 Å². The molecule has 0 radical (unpaired) electrons. The molecule has 2 aromatic rings. The number of nitrogens with one attached hydrogen (secondary N) is 1. The Bertz CT molecular complexity index is 536. The number of furan rings is 1. The third kappa shape index (κ3) is 4.33. The van der Waals surface area contributed by atoms with Crippen molar-refractivity contribution < 1.29 is 8.81 Å². The molecule has 0 bridgehead atoms. The fraction of sp³-hybridized carbons (Fsp3) is 0.412. The van der Waals surface area contributed by atoms with Gasteiger partial charge in [0.05, 0.1) is 12.8 Å². The normalized spacial score (nSPS) is 10.8. The zero-order valence-electron chi connectivity index (χ0n) is 12.7. The van der Waals surface area contributed by atoms with Gasteiger partial charge in [-0.2, -0.15) is 0 Å². The highest BCUT2D eigenvalue weighted by atomic mass is 19.1. The number of rotatable bonds is 8. The van der Waals surface area contributed by atoms with Gasteiger partial charge in [-0.15, -0.1) is 0 Å². The summed E-state index contributed by atoms with van der Waals surface area (Å²) in [7, 11) is 0. The van der Waals surface area contributed by atoms with Crippen LogP contribution in [0.25, 0.3) is 0 Å². The topological polar surface area (TPSA) is 28.4 Å². The van der Waals surface area contributed by atoms with Crippen molar-refractivity contribution >= 4 is 5.69 Å². The molecule has 2 rings (SSSR count). The molecule has 0 aliphatic heterocycles. The first-order chi connectivity index (χ1) is 10.2. The van der Waals surface area contributed by atoms with Crippen LogP contribution in [0.2, 0.25) is 0 Å². The molecule has 21 heavy (non-hydrogen) atoms. The van der Waals surface area contributed by atoms with Crippen molar-refractivity contribution in [3.8, 4) is 0 Å². The average Bonchev–Trinajstić information content (AvgIpc) is 2.93. The number of anilines is 1. The third-order valence-electron chi connectivity index (χ3n) is 3.48. The maximum atomic E-state index is 13.0. The lowest BCUT2D eigenvalue weighted by Gasteiger charge is -2.23. The Morgan fingerprint density at radius 2 is 1.90 bits per heavy atom. The standard InChI is InChI=1S/C17H23FN2O/c1-3-10-19-12-17-14(9-11-21-17)13-20(4-2)16-7-5-15(18)6-8-16/h5-9,11,19H,3-4,10,12-13H2,1-2H3. The van der Waals surface area contributed by atoms with Gasteiger partial charge in [-0.25, -0.2) is 4.39 Å². The molecule has 0 saturated carbocycles. The van der Waals surface area contributed by atoms with E-state index in [-0.39, 0.29) is 5.82 Å². The molecule has 0 fully saturated rings. The summed E-state index contributed by atoms with van der Waals surface area (Å²) in [6.45, 7) is 7.59. The second-order valence-corrected chi connectivity index (χ2v) is 5.04. The lowest BCUT2D eigenvalue weighted by molar-refractivity contribution is 0.478. The maximum Gasteiger partial charge on any atom is 0.123 e. The minimum absolute atomic E-state index is 0.206. The number of halogens is 1. The molecule has 1 N–H and O–H groups in total. The largest absolute Gasteiger partial charge is 0.468 e. The van der Waals surface area contributed by atoms with Crippen molar-refractivity contribution in [1.82, 2.24) is 5.32 Å². The Kier molecular flexibility index (Phi) is 5.81. The van der Waals surface area contributed by atoms with Crippen molar-refractivity contribution in [1.29, 1.82) is 0 Å². The van der Waals surface area contributed by atoms with E-state index in [1.54, 1.807) is 6.26 Å². The lowest BCUT2D eigenvalue weighted by Crippen LogP contribution is -2.23. The van der Waals surface area contributed by atoms with E-state index in [0.29, 0.717) is 0 Å². The van der Waals surface area contributed by atoms with Gasteiger partial charge >= 0.3 is 0 Å². The molecule has 0 unspecified atom stereocenters. The monoisotopic (exact) mass is 290 g/mol. The van der Waals surface area contributed by atoms with Gasteiger partial charge in [0.2, 0.25) is 0 Å². The van der Waals surface area contributed by atoms with E-state index in [1.165, 1.54) is 17.7 Å². The van der Waals surface area contributed by atoms with Crippen LogP contribution in [0.3, 0.4) is 0 Å². The van der Waals surface area contributed by atoms with E-state index in [2.05, 4.69) is 24.1 Å². The molecule has 4 heteroatoms. The molecule has 1 aromatic carbocycles. The van der Waals surface area contributed by atoms with Crippen LogP contribution < -0.4 is 10.2 Å². The molecule has 0 atom stereocenters. The van der Waals surface area contributed by atoms with Gasteiger partial charge in [-0.05, 0) is 50.2 Å². The fourth-order valence-corrected chi connectivity index (χ4v) is 2.28. The van der Waals surface area contributed by atoms with Crippen molar-refractivity contribution in [2.24, 2.45) is 0 Å². The predicted octanol–water partition coefficient (Wildman–Crippen LogP) is 3.94. The number of hydrogen-bond donors (Lipinski definition) is 1. The molecule has 1 aromatic heterocycles. The average molecular weight is 290 g/mol. The van der Waals surface area contributed by atoms with Crippen LogP contribution in [-0.2, 0) is 13.1 Å². The van der Waals surface area contributed by atoms with E-state index in [1.807, 2.05) is 18.2 Å². The van der Waals surface area contributed by atoms with E-state index in [9.17, 15) is 4.39 Å². The molecule has 3 nitrogen and oxygen atoms in total. The van der Waals surface area contributed by atoms with Crippen LogP contribution in [0.1, 0.15) is 31.6 Å². The summed E-state index contributed by atoms with van der Waals surface area (Å²) in [6.07, 6.45) is 2.84. The lowest BCUT2D eigenvalue weighted by atomic mass is 10.2. The first-order valence-electron chi connectivity index (χ1n) is 7.51. The summed E-state index contributed by atoms with van der Waals surface area (Å²) in [5.41, 5.74) is 2.19. The van der Waals surface area contributed by atoms with Gasteiger partial charge in [0, 0.05) is 24.3 Å². The molecule has 0 spiro atoms. The second-order valence-electron chi connectivity index (χ2n) is 5.04. The van der Waals surface area contributed by atoms with E-state index < -0.39 is 0 Å². The summed E-state index contributed by atoms with van der Waals surface area (Å²) >= 11 is 0. The molecular weight excluding hydrogens is 267 g/mol. The first-order valence-corrected chi connectivity index (χ1v) is 7.51. The molecule has 1 heterocycles. The van der Waals surface area contributed by atoms with E-state index in [0.717, 1.165) is 44.0 Å². The van der Waals surface area contributed by atoms with Gasteiger partial charge in [0.1, 0.15) is 11.6 Å². The summed E-state index contributed by atoms with van der Waals surface area (Å²) in [5, 5.41) is 3.35. The first kappa shape index (κ1) is 15.6. The molecule has 0 aliphatic rings. The van der Waals surface area contributed by atoms with Crippen LogP contribution >= 0.6 is 0 Å². The Labute approximate surface area is 125 Å².